The van der Waals surface area contributed by atoms with Gasteiger partial charge in [-0.3, -0.25) is 14.4 Å². The van der Waals surface area contributed by atoms with E-state index < -0.39 is 67.3 Å². The first-order chi connectivity index (χ1) is 38.6. The van der Waals surface area contributed by atoms with Crippen molar-refractivity contribution < 1.29 is 58.2 Å². The normalized spacial score (nSPS) is 18.9. The summed E-state index contributed by atoms with van der Waals surface area (Å²) >= 11 is 0. The van der Waals surface area contributed by atoms with Gasteiger partial charge < -0.3 is 39.0 Å². The van der Waals surface area contributed by atoms with Crippen molar-refractivity contribution in [1.29, 1.82) is 0 Å². The number of aliphatic carboxylic acids is 1. The van der Waals surface area contributed by atoms with E-state index in [2.05, 4.69) is 167 Å². The Balaban J connectivity index is 2.75. The summed E-state index contributed by atoms with van der Waals surface area (Å²) in [6.45, 7) is 5.57. The summed E-state index contributed by atoms with van der Waals surface area (Å²) < 4.78 is 28.3. The molecular weight excluding hydrogens is 997 g/mol. The Morgan fingerprint density at radius 3 is 1.19 bits per heavy atom. The zero-order valence-corrected chi connectivity index (χ0v) is 48.5. The van der Waals surface area contributed by atoms with Crippen LogP contribution in [0.25, 0.3) is 0 Å². The molecule has 1 aliphatic rings. The van der Waals surface area contributed by atoms with Crippen LogP contribution in [0.1, 0.15) is 201 Å². The van der Waals surface area contributed by atoms with E-state index in [1.54, 1.807) is 0 Å². The molecule has 442 valence electrons. The van der Waals surface area contributed by atoms with Gasteiger partial charge in [0.25, 0.3) is 0 Å². The minimum absolute atomic E-state index is 0.00614. The smallest absolute Gasteiger partial charge is 0.335 e. The van der Waals surface area contributed by atoms with E-state index in [-0.39, 0.29) is 25.9 Å². The number of aliphatic hydroxyl groups excluding tert-OH is 2. The van der Waals surface area contributed by atoms with Gasteiger partial charge in [-0.05, 0) is 135 Å². The van der Waals surface area contributed by atoms with Gasteiger partial charge in [0.1, 0.15) is 18.8 Å². The topological polar surface area (TPSA) is 175 Å². The fraction of sp³-hybridized carbons (Fsp3) is 0.582. The molecule has 0 aromatic heterocycles. The number of carbonyl (C=O) groups excluding carboxylic acids is 3. The van der Waals surface area contributed by atoms with E-state index >= 15 is 0 Å². The Labute approximate surface area is 476 Å². The highest BCUT2D eigenvalue weighted by molar-refractivity contribution is 5.74. The summed E-state index contributed by atoms with van der Waals surface area (Å²) in [4.78, 5) is 51.2. The molecule has 0 bridgehead atoms. The average Bonchev–Trinajstić information content (AvgIpc) is 3.44. The highest BCUT2D eigenvalue weighted by atomic mass is 16.7. The van der Waals surface area contributed by atoms with Gasteiger partial charge >= 0.3 is 23.9 Å². The molecule has 0 aromatic rings. The molecule has 0 amide bonds. The molecule has 12 heteroatoms. The van der Waals surface area contributed by atoms with E-state index in [0.29, 0.717) is 19.3 Å². The third-order valence-electron chi connectivity index (χ3n) is 12.4. The maximum Gasteiger partial charge on any atom is 0.335 e. The molecule has 0 radical (unpaired) electrons. The highest BCUT2D eigenvalue weighted by Gasteiger charge is 2.50. The molecule has 6 atom stereocenters. The first-order valence-corrected chi connectivity index (χ1v) is 29.8. The molecule has 0 spiro atoms. The lowest BCUT2D eigenvalue weighted by atomic mass is 9.98. The predicted octanol–water partition coefficient (Wildman–Crippen LogP) is 15.6. The number of unbranched alkanes of at least 4 members (excludes halogenated alkanes) is 10. The number of ether oxygens (including phenoxy) is 5. The van der Waals surface area contributed by atoms with Gasteiger partial charge in [-0.25, -0.2) is 4.79 Å². The summed E-state index contributed by atoms with van der Waals surface area (Å²) in [6.07, 6.45) is 63.8. The summed E-state index contributed by atoms with van der Waals surface area (Å²) in [5.41, 5.74) is 0. The van der Waals surface area contributed by atoms with Crippen LogP contribution in [0.5, 0.6) is 0 Å². The molecule has 1 saturated heterocycles. The summed E-state index contributed by atoms with van der Waals surface area (Å²) in [5.74, 6) is -3.27. The standard InChI is InChI=1S/C67H102O12/c1-4-7-10-13-16-19-22-25-28-29-30-31-34-37-40-43-46-49-52-55-61(70)78-65-63(72)62(71)64(66(73)74)79-67(65)76-57-58(77-60(69)54-51-48-45-42-39-36-33-27-24-21-18-15-12-9-6-3)56-75-59(68)53-50-47-44-41-38-35-32-26-23-20-17-14-11-8-5-2/h7-12,16-21,25-28,30-33,37-38,40-41,58,62-65,67,71-72H,4-6,13-15,22-24,29,34-36,39,42-57H2,1-3H3,(H,73,74)/b10-7-,11-8-,12-9-,19-16-,20-17-,21-18-,28-25-,31-30-,32-26-,33-27-,40-37-,41-38-. The zero-order chi connectivity index (χ0) is 57.5. The Bertz CT molecular complexity index is 1930. The molecule has 12 nitrogen and oxygen atoms in total. The van der Waals surface area contributed by atoms with Crippen LogP contribution >= 0.6 is 0 Å². The quantitative estimate of drug-likeness (QED) is 0.0228. The number of carboxylic acids is 1. The van der Waals surface area contributed by atoms with Gasteiger partial charge in [0.2, 0.25) is 0 Å². The summed E-state index contributed by atoms with van der Waals surface area (Å²) in [5, 5.41) is 31.5. The second kappa shape index (κ2) is 53.3. The van der Waals surface area contributed by atoms with Crippen LogP contribution < -0.4 is 0 Å². The number of hydrogen-bond acceptors (Lipinski definition) is 11. The maximum absolute atomic E-state index is 13.2. The zero-order valence-electron chi connectivity index (χ0n) is 48.5. The predicted molar refractivity (Wildman–Crippen MR) is 321 cm³/mol. The molecule has 6 unspecified atom stereocenters. The maximum atomic E-state index is 13.2. The minimum atomic E-state index is -1.93. The first kappa shape index (κ1) is 71.6. The van der Waals surface area contributed by atoms with E-state index in [4.69, 9.17) is 23.7 Å². The van der Waals surface area contributed by atoms with Crippen LogP contribution in [0.2, 0.25) is 0 Å². The third-order valence-corrected chi connectivity index (χ3v) is 12.4. The molecule has 1 rings (SSSR count). The molecule has 0 aliphatic carbocycles. The van der Waals surface area contributed by atoms with E-state index in [1.165, 1.54) is 0 Å². The largest absolute Gasteiger partial charge is 0.479 e. The van der Waals surface area contributed by atoms with Crippen LogP contribution in [-0.2, 0) is 42.9 Å². The number of aliphatic hydroxyl groups is 2. The Kier molecular flexibility index (Phi) is 48.3. The van der Waals surface area contributed by atoms with Crippen molar-refractivity contribution in [2.45, 2.75) is 237 Å². The number of allylic oxidation sites excluding steroid dienone is 24. The fourth-order valence-electron chi connectivity index (χ4n) is 7.93. The number of carboxylic acid groups (broad SMARTS) is 1. The van der Waals surface area contributed by atoms with Crippen molar-refractivity contribution >= 4 is 23.9 Å². The molecule has 1 heterocycles. The molecule has 0 saturated carbocycles. The van der Waals surface area contributed by atoms with Crippen molar-refractivity contribution in [2.75, 3.05) is 13.2 Å². The van der Waals surface area contributed by atoms with Gasteiger partial charge in [-0.2, -0.15) is 0 Å². The molecule has 3 N–H and O–H groups in total. The van der Waals surface area contributed by atoms with Crippen LogP contribution in [0.3, 0.4) is 0 Å². The van der Waals surface area contributed by atoms with Crippen LogP contribution in [0.4, 0.5) is 0 Å². The van der Waals surface area contributed by atoms with Crippen molar-refractivity contribution in [3.05, 3.63) is 146 Å². The molecule has 1 fully saturated rings. The Hall–Kier alpha value is -5.40. The third kappa shape index (κ3) is 43.1. The number of esters is 3. The summed E-state index contributed by atoms with van der Waals surface area (Å²) in [6, 6.07) is 0. The van der Waals surface area contributed by atoms with E-state index in [0.717, 1.165) is 141 Å². The molecule has 79 heavy (non-hydrogen) atoms. The SMILES string of the molecule is CC/C=C\C/C=C\C/C=C\C/C=C\C/C=C\CCCCCC(=O)OC1C(OCC(COC(=O)CCCC/C=C\C/C=C\C/C=C\C/C=C\CC)OC(=O)CCCCCCC/C=C\C/C=C\C/C=C\CC)OC(C(=O)O)C(O)C1O. The van der Waals surface area contributed by atoms with Crippen molar-refractivity contribution in [1.82, 2.24) is 0 Å². The lowest BCUT2D eigenvalue weighted by molar-refractivity contribution is -0.301. The number of rotatable bonds is 48. The molecule has 1 aliphatic heterocycles. The number of hydrogen-bond donors (Lipinski definition) is 3. The van der Waals surface area contributed by atoms with E-state index in [1.807, 2.05) is 0 Å². The lowest BCUT2D eigenvalue weighted by Gasteiger charge is -2.40. The molecule has 0 aromatic carbocycles. The fourth-order valence-corrected chi connectivity index (χ4v) is 7.93. The minimum Gasteiger partial charge on any atom is -0.479 e. The van der Waals surface area contributed by atoms with Crippen molar-refractivity contribution in [3.63, 3.8) is 0 Å². The second-order valence-corrected chi connectivity index (χ2v) is 19.5. The summed E-state index contributed by atoms with van der Waals surface area (Å²) in [7, 11) is 0. The van der Waals surface area contributed by atoms with Crippen molar-refractivity contribution in [3.8, 4) is 0 Å². The Morgan fingerprint density at radius 2 is 0.759 bits per heavy atom. The Morgan fingerprint density at radius 1 is 0.418 bits per heavy atom. The van der Waals surface area contributed by atoms with Gasteiger partial charge in [-0.1, -0.05) is 192 Å². The second-order valence-electron chi connectivity index (χ2n) is 19.5. The van der Waals surface area contributed by atoms with Crippen LogP contribution in [0.15, 0.2) is 146 Å². The monoisotopic (exact) mass is 1100 g/mol. The van der Waals surface area contributed by atoms with Crippen LogP contribution in [0, 0.1) is 0 Å². The average molecular weight is 1100 g/mol. The van der Waals surface area contributed by atoms with Gasteiger partial charge in [0.05, 0.1) is 6.61 Å². The lowest BCUT2D eigenvalue weighted by Crippen LogP contribution is -2.61. The van der Waals surface area contributed by atoms with Crippen molar-refractivity contribution in [2.24, 2.45) is 0 Å². The van der Waals surface area contributed by atoms with E-state index in [9.17, 15) is 34.5 Å². The number of carbonyl (C=O) groups is 4. The first-order valence-electron chi connectivity index (χ1n) is 29.8. The van der Waals surface area contributed by atoms with Gasteiger partial charge in [0.15, 0.2) is 24.6 Å². The van der Waals surface area contributed by atoms with Gasteiger partial charge in [0, 0.05) is 19.3 Å². The highest BCUT2D eigenvalue weighted by Crippen LogP contribution is 2.26. The van der Waals surface area contributed by atoms with Gasteiger partial charge in [-0.15, -0.1) is 0 Å². The van der Waals surface area contributed by atoms with Crippen LogP contribution in [-0.4, -0.2) is 89.2 Å². The molecular formula is C67H102O12.